The molecule has 0 N–H and O–H groups in total. The molecular formula is C16H21N3O4S. The fourth-order valence-electron chi connectivity index (χ4n) is 2.66. The lowest BCUT2D eigenvalue weighted by Crippen LogP contribution is -2.43. The topological polar surface area (TPSA) is 77.7 Å². The van der Waals surface area contributed by atoms with Gasteiger partial charge in [0.15, 0.2) is 5.82 Å². The minimum absolute atomic E-state index is 0.00402. The average molecular weight is 351 g/mol. The molecule has 1 atom stereocenters. The van der Waals surface area contributed by atoms with Crippen LogP contribution in [-0.2, 0) is 22.5 Å². The summed E-state index contributed by atoms with van der Waals surface area (Å²) >= 11 is 1.53. The van der Waals surface area contributed by atoms with Gasteiger partial charge in [-0.3, -0.25) is 4.79 Å². The van der Waals surface area contributed by atoms with Crippen molar-refractivity contribution in [2.24, 2.45) is 0 Å². The van der Waals surface area contributed by atoms with Crippen molar-refractivity contribution < 1.29 is 18.8 Å². The van der Waals surface area contributed by atoms with Crippen LogP contribution < -0.4 is 0 Å². The van der Waals surface area contributed by atoms with E-state index >= 15 is 0 Å². The lowest BCUT2D eigenvalue weighted by Gasteiger charge is -2.32. The van der Waals surface area contributed by atoms with E-state index in [1.807, 2.05) is 21.7 Å². The summed E-state index contributed by atoms with van der Waals surface area (Å²) in [5.41, 5.74) is 0.750. The Kier molecular flexibility index (Phi) is 5.95. The van der Waals surface area contributed by atoms with Crippen molar-refractivity contribution in [2.45, 2.75) is 32.0 Å². The first-order valence-electron chi connectivity index (χ1n) is 7.99. The Hall–Kier alpha value is -1.77. The number of rotatable bonds is 7. The maximum absolute atomic E-state index is 12.4. The van der Waals surface area contributed by atoms with Crippen LogP contribution in [0.25, 0.3) is 0 Å². The van der Waals surface area contributed by atoms with Crippen LogP contribution in [0, 0.1) is 0 Å². The Morgan fingerprint density at radius 2 is 2.46 bits per heavy atom. The summed E-state index contributed by atoms with van der Waals surface area (Å²) in [5.74, 6) is 1.15. The number of aromatic nitrogens is 2. The number of methoxy groups -OCH3 is 1. The molecule has 0 aromatic carbocycles. The van der Waals surface area contributed by atoms with E-state index in [0.29, 0.717) is 31.3 Å². The third kappa shape index (κ3) is 4.40. The summed E-state index contributed by atoms with van der Waals surface area (Å²) in [5, 5.41) is 7.69. The number of hydrogen-bond donors (Lipinski definition) is 0. The molecule has 0 spiro atoms. The Labute approximate surface area is 144 Å². The largest absolute Gasteiger partial charge is 0.384 e. The molecule has 1 amide bonds. The zero-order chi connectivity index (χ0) is 16.8. The van der Waals surface area contributed by atoms with Crippen LogP contribution >= 0.6 is 11.3 Å². The van der Waals surface area contributed by atoms with Gasteiger partial charge in [0.05, 0.1) is 18.3 Å². The Balaban J connectivity index is 1.48. The summed E-state index contributed by atoms with van der Waals surface area (Å²) in [6, 6.07) is 1.86. The van der Waals surface area contributed by atoms with E-state index in [2.05, 4.69) is 10.1 Å². The normalized spacial score (nSPS) is 18.0. The predicted molar refractivity (Wildman–Crippen MR) is 87.9 cm³/mol. The number of nitrogens with zero attached hydrogens (tertiary/aromatic N) is 3. The molecule has 0 radical (unpaired) electrons. The molecule has 1 aliphatic rings. The Morgan fingerprint density at radius 1 is 1.54 bits per heavy atom. The van der Waals surface area contributed by atoms with Crippen molar-refractivity contribution in [2.75, 3.05) is 26.8 Å². The van der Waals surface area contributed by atoms with Gasteiger partial charge in [0.2, 0.25) is 0 Å². The molecule has 7 nitrogen and oxygen atoms in total. The monoisotopic (exact) mass is 351 g/mol. The molecule has 8 heteroatoms. The molecule has 0 aliphatic carbocycles. The van der Waals surface area contributed by atoms with Crippen molar-refractivity contribution in [3.8, 4) is 0 Å². The maximum atomic E-state index is 12.4. The van der Waals surface area contributed by atoms with E-state index in [1.165, 1.54) is 11.3 Å². The fraction of sp³-hybridized carbons (Fsp3) is 0.562. The Bertz CT molecular complexity index is 644. The quantitative estimate of drug-likeness (QED) is 0.760. The molecular weight excluding hydrogens is 330 g/mol. The predicted octanol–water partition coefficient (Wildman–Crippen LogP) is 2.14. The number of hydrogen-bond acceptors (Lipinski definition) is 7. The summed E-state index contributed by atoms with van der Waals surface area (Å²) in [6.07, 6.45) is 2.48. The zero-order valence-electron chi connectivity index (χ0n) is 13.6. The summed E-state index contributed by atoms with van der Waals surface area (Å²) in [4.78, 5) is 18.5. The lowest BCUT2D eigenvalue weighted by molar-refractivity contribution is -0.0153. The zero-order valence-corrected chi connectivity index (χ0v) is 14.5. The van der Waals surface area contributed by atoms with E-state index in [4.69, 9.17) is 14.0 Å². The third-order valence-electron chi connectivity index (χ3n) is 3.92. The first-order valence-corrected chi connectivity index (χ1v) is 8.94. The van der Waals surface area contributed by atoms with E-state index < -0.39 is 0 Å². The first kappa shape index (κ1) is 17.1. The number of ether oxygens (including phenoxy) is 2. The molecule has 1 saturated heterocycles. The van der Waals surface area contributed by atoms with Crippen LogP contribution in [0.1, 0.15) is 34.9 Å². The second-order valence-electron chi connectivity index (χ2n) is 5.69. The SMILES string of the molecule is COCCc1noc(CO[C@H]2CCCN(C(=O)c3ccsc3)C2)n1. The van der Waals surface area contributed by atoms with Gasteiger partial charge in [0.25, 0.3) is 11.8 Å². The van der Waals surface area contributed by atoms with E-state index in [9.17, 15) is 4.79 Å². The smallest absolute Gasteiger partial charge is 0.254 e. The van der Waals surface area contributed by atoms with Crippen molar-refractivity contribution in [3.05, 3.63) is 34.1 Å². The van der Waals surface area contributed by atoms with Crippen LogP contribution in [-0.4, -0.2) is 53.9 Å². The molecule has 0 saturated carbocycles. The van der Waals surface area contributed by atoms with Crippen molar-refractivity contribution >= 4 is 17.2 Å². The van der Waals surface area contributed by atoms with Crippen LogP contribution in [0.4, 0.5) is 0 Å². The maximum Gasteiger partial charge on any atom is 0.254 e. The molecule has 3 heterocycles. The van der Waals surface area contributed by atoms with Crippen molar-refractivity contribution in [1.82, 2.24) is 15.0 Å². The number of carbonyl (C=O) groups is 1. The van der Waals surface area contributed by atoms with E-state index in [1.54, 1.807) is 7.11 Å². The second kappa shape index (κ2) is 8.36. The van der Waals surface area contributed by atoms with Crippen LogP contribution in [0.3, 0.4) is 0 Å². The number of piperidine rings is 1. The van der Waals surface area contributed by atoms with Crippen molar-refractivity contribution in [1.29, 1.82) is 0 Å². The standard InChI is InChI=1S/C16H21N3O4S/c1-21-7-4-14-17-15(23-18-14)10-22-13-3-2-6-19(9-13)16(20)12-5-8-24-11-12/h5,8,11,13H,2-4,6-7,9-10H2,1H3/t13-/m0/s1. The van der Waals surface area contributed by atoms with Crippen LogP contribution in [0.2, 0.25) is 0 Å². The fourth-order valence-corrected chi connectivity index (χ4v) is 3.29. The highest BCUT2D eigenvalue weighted by molar-refractivity contribution is 7.08. The van der Waals surface area contributed by atoms with Gasteiger partial charge in [0, 0.05) is 32.0 Å². The van der Waals surface area contributed by atoms with Gasteiger partial charge in [-0.05, 0) is 24.3 Å². The van der Waals surface area contributed by atoms with Gasteiger partial charge in [-0.25, -0.2) is 0 Å². The molecule has 0 unspecified atom stereocenters. The van der Waals surface area contributed by atoms with Gasteiger partial charge in [-0.2, -0.15) is 16.3 Å². The molecule has 130 valence electrons. The summed E-state index contributed by atoms with van der Waals surface area (Å²) in [7, 11) is 1.64. The molecule has 0 bridgehead atoms. The average Bonchev–Trinajstić information content (AvgIpc) is 3.29. The number of likely N-dealkylation sites (tertiary alicyclic amines) is 1. The molecule has 1 fully saturated rings. The molecule has 2 aromatic heterocycles. The number of amides is 1. The number of thiophene rings is 1. The van der Waals surface area contributed by atoms with Gasteiger partial charge in [-0.1, -0.05) is 5.16 Å². The highest BCUT2D eigenvalue weighted by Crippen LogP contribution is 2.18. The van der Waals surface area contributed by atoms with E-state index in [-0.39, 0.29) is 18.6 Å². The van der Waals surface area contributed by atoms with Crippen LogP contribution in [0.5, 0.6) is 0 Å². The minimum Gasteiger partial charge on any atom is -0.384 e. The van der Waals surface area contributed by atoms with E-state index in [0.717, 1.165) is 24.9 Å². The second-order valence-corrected chi connectivity index (χ2v) is 6.47. The molecule has 24 heavy (non-hydrogen) atoms. The van der Waals surface area contributed by atoms with Gasteiger partial charge in [-0.15, -0.1) is 0 Å². The summed E-state index contributed by atoms with van der Waals surface area (Å²) in [6.45, 7) is 2.20. The lowest BCUT2D eigenvalue weighted by atomic mass is 10.1. The molecule has 1 aliphatic heterocycles. The van der Waals surface area contributed by atoms with Gasteiger partial charge in [0.1, 0.15) is 6.61 Å². The highest BCUT2D eigenvalue weighted by atomic mass is 32.1. The summed E-state index contributed by atoms with van der Waals surface area (Å²) < 4.78 is 16.0. The van der Waals surface area contributed by atoms with Gasteiger partial charge >= 0.3 is 0 Å². The highest BCUT2D eigenvalue weighted by Gasteiger charge is 2.25. The first-order chi connectivity index (χ1) is 11.8. The van der Waals surface area contributed by atoms with Crippen molar-refractivity contribution in [3.63, 3.8) is 0 Å². The van der Waals surface area contributed by atoms with Gasteiger partial charge < -0.3 is 18.9 Å². The number of carbonyl (C=O) groups excluding carboxylic acids is 1. The third-order valence-corrected chi connectivity index (χ3v) is 4.60. The molecule has 2 aromatic rings. The molecule has 3 rings (SSSR count). The minimum atomic E-state index is -0.00402. The Morgan fingerprint density at radius 3 is 3.25 bits per heavy atom. The van der Waals surface area contributed by atoms with Crippen LogP contribution in [0.15, 0.2) is 21.3 Å².